The second-order valence-electron chi connectivity index (χ2n) is 8.66. The number of ether oxygens (including phenoxy) is 1. The number of halogens is 2. The van der Waals surface area contributed by atoms with Crippen LogP contribution in [0, 0.1) is 5.82 Å². The van der Waals surface area contributed by atoms with Crippen LogP contribution >= 0.6 is 24.0 Å². The van der Waals surface area contributed by atoms with Crippen LogP contribution in [-0.4, -0.2) is 55.2 Å². The lowest BCUT2D eigenvalue weighted by Gasteiger charge is -2.35. The Balaban J connectivity index is 0.00000363. The second kappa shape index (κ2) is 12.5. The lowest BCUT2D eigenvalue weighted by Crippen LogP contribution is -2.46. The molecule has 0 saturated carbocycles. The van der Waals surface area contributed by atoms with Crippen LogP contribution in [0.2, 0.25) is 0 Å². The molecule has 1 unspecified atom stereocenters. The number of hydrogen-bond donors (Lipinski definition) is 2. The average molecular weight is 559 g/mol. The van der Waals surface area contributed by atoms with Gasteiger partial charge in [-0.3, -0.25) is 4.90 Å². The highest BCUT2D eigenvalue weighted by Gasteiger charge is 2.23. The van der Waals surface area contributed by atoms with Gasteiger partial charge in [-0.1, -0.05) is 32.9 Å². The summed E-state index contributed by atoms with van der Waals surface area (Å²) in [5.41, 5.74) is 0.979. The predicted molar refractivity (Wildman–Crippen MR) is 135 cm³/mol. The lowest BCUT2D eigenvalue weighted by atomic mass is 9.94. The van der Waals surface area contributed by atoms with E-state index in [1.54, 1.807) is 6.20 Å². The summed E-state index contributed by atoms with van der Waals surface area (Å²) in [6, 6.07) is 6.81. The Kier molecular flexibility index (Phi) is 10.4. The fourth-order valence-electron chi connectivity index (χ4n) is 3.44. The van der Waals surface area contributed by atoms with Gasteiger partial charge in [-0.05, 0) is 24.6 Å². The number of nitrogens with one attached hydrogen (secondary N) is 2. The number of nitrogens with zero attached hydrogens (tertiary/aromatic N) is 3. The highest BCUT2D eigenvalue weighted by molar-refractivity contribution is 14.0. The van der Waals surface area contributed by atoms with Gasteiger partial charge in [0.05, 0.1) is 25.5 Å². The van der Waals surface area contributed by atoms with Crippen molar-refractivity contribution in [2.24, 2.45) is 4.99 Å². The highest BCUT2D eigenvalue weighted by atomic mass is 127. The Morgan fingerprint density at radius 3 is 2.47 bits per heavy atom. The first kappa shape index (κ1) is 26.5. The van der Waals surface area contributed by atoms with Crippen LogP contribution in [-0.2, 0) is 16.7 Å². The number of benzene rings is 1. The van der Waals surface area contributed by atoms with Gasteiger partial charge in [0.1, 0.15) is 18.1 Å². The molecule has 1 aliphatic rings. The summed E-state index contributed by atoms with van der Waals surface area (Å²) in [5, 5.41) is 6.71. The van der Waals surface area contributed by atoms with Crippen molar-refractivity contribution >= 4 is 29.9 Å². The fourth-order valence-corrected chi connectivity index (χ4v) is 3.44. The number of oxazole rings is 1. The van der Waals surface area contributed by atoms with Crippen LogP contribution in [0.4, 0.5) is 4.39 Å². The minimum absolute atomic E-state index is 0. The molecule has 1 aliphatic heterocycles. The Bertz CT molecular complexity index is 845. The van der Waals surface area contributed by atoms with Crippen molar-refractivity contribution in [3.05, 3.63) is 53.5 Å². The van der Waals surface area contributed by atoms with E-state index in [9.17, 15) is 4.39 Å². The molecule has 32 heavy (non-hydrogen) atoms. The van der Waals surface area contributed by atoms with Gasteiger partial charge in [-0.25, -0.2) is 14.4 Å². The van der Waals surface area contributed by atoms with Crippen LogP contribution in [0.5, 0.6) is 0 Å². The molecule has 2 heterocycles. The third-order valence-electron chi connectivity index (χ3n) is 5.21. The van der Waals surface area contributed by atoms with Crippen LogP contribution in [0.15, 0.2) is 39.9 Å². The van der Waals surface area contributed by atoms with E-state index in [4.69, 9.17) is 9.15 Å². The highest BCUT2D eigenvalue weighted by Crippen LogP contribution is 2.23. The second-order valence-corrected chi connectivity index (χ2v) is 8.66. The Hall–Kier alpha value is -1.72. The Labute approximate surface area is 207 Å². The number of guanidine groups is 1. The molecular formula is C23H35FIN5O2. The minimum Gasteiger partial charge on any atom is -0.443 e. The topological polar surface area (TPSA) is 74.9 Å². The van der Waals surface area contributed by atoms with Crippen molar-refractivity contribution < 1.29 is 13.5 Å². The molecule has 3 rings (SSSR count). The third kappa shape index (κ3) is 7.70. The van der Waals surface area contributed by atoms with E-state index in [0.717, 1.165) is 31.0 Å². The fraction of sp³-hybridized carbons (Fsp3) is 0.565. The van der Waals surface area contributed by atoms with Gasteiger partial charge in [0.25, 0.3) is 0 Å². The SMILES string of the molecule is CCNC(=NCc1ncc(C(C)(C)C)o1)NCC(c1ccc(F)cc1)N1CCOCC1.I. The van der Waals surface area contributed by atoms with E-state index in [1.165, 1.54) is 12.1 Å². The molecule has 0 radical (unpaired) electrons. The van der Waals surface area contributed by atoms with Gasteiger partial charge < -0.3 is 19.8 Å². The molecule has 0 spiro atoms. The first-order valence-electron chi connectivity index (χ1n) is 10.9. The van der Waals surface area contributed by atoms with Crippen molar-refractivity contribution in [3.8, 4) is 0 Å². The quantitative estimate of drug-likeness (QED) is 0.305. The van der Waals surface area contributed by atoms with Gasteiger partial charge in [-0.15, -0.1) is 24.0 Å². The summed E-state index contributed by atoms with van der Waals surface area (Å²) in [5.74, 6) is 1.90. The summed E-state index contributed by atoms with van der Waals surface area (Å²) in [6.45, 7) is 13.1. The predicted octanol–water partition coefficient (Wildman–Crippen LogP) is 3.86. The molecule has 0 bridgehead atoms. The molecule has 7 nitrogen and oxygen atoms in total. The largest absolute Gasteiger partial charge is 0.443 e. The van der Waals surface area contributed by atoms with Crippen molar-refractivity contribution in [2.75, 3.05) is 39.4 Å². The van der Waals surface area contributed by atoms with Crippen molar-refractivity contribution in [1.29, 1.82) is 0 Å². The zero-order chi connectivity index (χ0) is 22.3. The van der Waals surface area contributed by atoms with Gasteiger partial charge in [0.15, 0.2) is 5.96 Å². The molecule has 0 amide bonds. The molecule has 178 valence electrons. The monoisotopic (exact) mass is 559 g/mol. The molecule has 1 aromatic heterocycles. The third-order valence-corrected chi connectivity index (χ3v) is 5.21. The van der Waals surface area contributed by atoms with Gasteiger partial charge in [-0.2, -0.15) is 0 Å². The normalized spacial score (nSPS) is 16.3. The maximum atomic E-state index is 13.5. The van der Waals surface area contributed by atoms with Crippen LogP contribution in [0.3, 0.4) is 0 Å². The van der Waals surface area contributed by atoms with Crippen molar-refractivity contribution in [3.63, 3.8) is 0 Å². The maximum Gasteiger partial charge on any atom is 0.216 e. The Morgan fingerprint density at radius 1 is 1.19 bits per heavy atom. The standard InChI is InChI=1S/C23H34FN5O2.HI/c1-5-25-22(28-16-21-26-15-20(31-21)23(2,3)4)27-14-19(29-10-12-30-13-11-29)17-6-8-18(24)9-7-17;/h6-9,15,19H,5,10-14,16H2,1-4H3,(H2,25,27,28);1H. The summed E-state index contributed by atoms with van der Waals surface area (Å²) in [7, 11) is 0. The minimum atomic E-state index is -0.229. The molecular weight excluding hydrogens is 524 g/mol. The molecule has 1 atom stereocenters. The van der Waals surface area contributed by atoms with E-state index in [2.05, 4.69) is 46.3 Å². The zero-order valence-corrected chi connectivity index (χ0v) is 21.7. The van der Waals surface area contributed by atoms with E-state index in [0.29, 0.717) is 38.2 Å². The first-order valence-corrected chi connectivity index (χ1v) is 10.9. The summed E-state index contributed by atoms with van der Waals surface area (Å²) >= 11 is 0. The van der Waals surface area contributed by atoms with Gasteiger partial charge in [0.2, 0.25) is 5.89 Å². The number of morpholine rings is 1. The molecule has 1 aromatic carbocycles. The average Bonchev–Trinajstić information content (AvgIpc) is 3.24. The molecule has 2 N–H and O–H groups in total. The van der Waals surface area contributed by atoms with Crippen molar-refractivity contribution in [2.45, 2.75) is 45.7 Å². The molecule has 2 aromatic rings. The summed E-state index contributed by atoms with van der Waals surface area (Å²) in [4.78, 5) is 11.3. The summed E-state index contributed by atoms with van der Waals surface area (Å²) < 4.78 is 24.8. The summed E-state index contributed by atoms with van der Waals surface area (Å²) in [6.07, 6.45) is 1.77. The van der Waals surface area contributed by atoms with Crippen LogP contribution < -0.4 is 10.6 Å². The van der Waals surface area contributed by atoms with E-state index >= 15 is 0 Å². The molecule has 1 fully saturated rings. The van der Waals surface area contributed by atoms with Crippen molar-refractivity contribution in [1.82, 2.24) is 20.5 Å². The van der Waals surface area contributed by atoms with E-state index < -0.39 is 0 Å². The molecule has 1 saturated heterocycles. The Morgan fingerprint density at radius 2 is 1.88 bits per heavy atom. The number of aliphatic imine (C=N–C) groups is 1. The first-order chi connectivity index (χ1) is 14.9. The van der Waals surface area contributed by atoms with E-state index in [-0.39, 0.29) is 41.3 Å². The zero-order valence-electron chi connectivity index (χ0n) is 19.4. The smallest absolute Gasteiger partial charge is 0.216 e. The number of hydrogen-bond acceptors (Lipinski definition) is 5. The van der Waals surface area contributed by atoms with Crippen LogP contribution in [0.1, 0.15) is 51.0 Å². The molecule has 9 heteroatoms. The lowest BCUT2D eigenvalue weighted by molar-refractivity contribution is 0.0170. The van der Waals surface area contributed by atoms with Crippen LogP contribution in [0.25, 0.3) is 0 Å². The van der Waals surface area contributed by atoms with Gasteiger partial charge in [0, 0.05) is 31.6 Å². The van der Waals surface area contributed by atoms with Gasteiger partial charge >= 0.3 is 0 Å². The number of aromatic nitrogens is 1. The molecule has 0 aliphatic carbocycles. The maximum absolute atomic E-state index is 13.5. The number of rotatable bonds is 7. The van der Waals surface area contributed by atoms with E-state index in [1.807, 2.05) is 19.1 Å².